The molecule has 1 heterocycles. The van der Waals surface area contributed by atoms with Gasteiger partial charge < -0.3 is 5.32 Å². The van der Waals surface area contributed by atoms with E-state index in [1.165, 1.54) is 13.1 Å². The van der Waals surface area contributed by atoms with E-state index in [0.717, 1.165) is 0 Å². The van der Waals surface area contributed by atoms with Gasteiger partial charge >= 0.3 is 0 Å². The Morgan fingerprint density at radius 3 is 2.64 bits per heavy atom. The maximum atomic E-state index is 11.2. The van der Waals surface area contributed by atoms with Gasteiger partial charge in [0.05, 0.1) is 4.91 Å². The quantitative estimate of drug-likeness (QED) is 0.635. The SMILES string of the molecule is CNCC1=CN=C(C)S1(=O)=O. The van der Waals surface area contributed by atoms with E-state index in [1.54, 1.807) is 7.05 Å². The molecular weight excluding hydrogens is 164 g/mol. The zero-order valence-electron chi connectivity index (χ0n) is 6.46. The second-order valence-electron chi connectivity index (χ2n) is 2.28. The molecule has 1 N–H and O–H groups in total. The Kier molecular flexibility index (Phi) is 2.10. The maximum absolute atomic E-state index is 11.2. The average Bonchev–Trinajstić information content (AvgIpc) is 2.16. The summed E-state index contributed by atoms with van der Waals surface area (Å²) in [7, 11) is -1.48. The molecule has 0 radical (unpaired) electrons. The monoisotopic (exact) mass is 174 g/mol. The summed E-state index contributed by atoms with van der Waals surface area (Å²) in [6.07, 6.45) is 1.39. The lowest BCUT2D eigenvalue weighted by Gasteiger charge is -1.99. The summed E-state index contributed by atoms with van der Waals surface area (Å²) in [5.41, 5.74) is 0. The van der Waals surface area contributed by atoms with Crippen molar-refractivity contribution in [2.24, 2.45) is 4.99 Å². The first-order chi connectivity index (χ1) is 5.09. The Labute approximate surface area is 65.9 Å². The van der Waals surface area contributed by atoms with Crippen molar-refractivity contribution in [3.8, 4) is 0 Å². The first-order valence-electron chi connectivity index (χ1n) is 3.22. The van der Waals surface area contributed by atoms with Crippen LogP contribution in [0, 0.1) is 0 Å². The topological polar surface area (TPSA) is 58.5 Å². The predicted molar refractivity (Wildman–Crippen MR) is 44.0 cm³/mol. The molecule has 1 aliphatic rings. The van der Waals surface area contributed by atoms with Crippen molar-refractivity contribution in [2.45, 2.75) is 6.92 Å². The van der Waals surface area contributed by atoms with Gasteiger partial charge in [-0.25, -0.2) is 13.4 Å². The molecule has 1 aliphatic heterocycles. The van der Waals surface area contributed by atoms with E-state index in [-0.39, 0.29) is 5.04 Å². The molecular formula is C6H10N2O2S. The molecule has 0 aliphatic carbocycles. The third-order valence-corrected chi connectivity index (χ3v) is 3.30. The highest BCUT2D eigenvalue weighted by Gasteiger charge is 2.24. The fourth-order valence-corrected chi connectivity index (χ4v) is 1.90. The van der Waals surface area contributed by atoms with E-state index < -0.39 is 9.84 Å². The lowest BCUT2D eigenvalue weighted by molar-refractivity contribution is 0.611. The highest BCUT2D eigenvalue weighted by atomic mass is 32.2. The Hall–Kier alpha value is -0.680. The van der Waals surface area contributed by atoms with E-state index in [4.69, 9.17) is 0 Å². The summed E-state index contributed by atoms with van der Waals surface area (Å²) < 4.78 is 22.5. The zero-order valence-corrected chi connectivity index (χ0v) is 7.27. The molecule has 0 amide bonds. The Bertz CT molecular complexity index is 313. The van der Waals surface area contributed by atoms with Crippen LogP contribution in [-0.2, 0) is 9.84 Å². The minimum absolute atomic E-state index is 0.183. The van der Waals surface area contributed by atoms with Crippen LogP contribution < -0.4 is 5.32 Å². The molecule has 0 saturated carbocycles. The van der Waals surface area contributed by atoms with Crippen molar-refractivity contribution in [1.29, 1.82) is 0 Å². The molecule has 0 atom stereocenters. The number of sulfone groups is 1. The van der Waals surface area contributed by atoms with Crippen molar-refractivity contribution in [3.63, 3.8) is 0 Å². The van der Waals surface area contributed by atoms with Crippen molar-refractivity contribution in [3.05, 3.63) is 11.1 Å². The molecule has 0 aromatic carbocycles. The summed E-state index contributed by atoms with van der Waals surface area (Å²) in [5.74, 6) is 0. The van der Waals surface area contributed by atoms with Crippen LogP contribution in [0.2, 0.25) is 0 Å². The number of hydrogen-bond donors (Lipinski definition) is 1. The predicted octanol–water partition coefficient (Wildman–Crippen LogP) is -0.106. The largest absolute Gasteiger partial charge is 0.315 e. The molecule has 0 bridgehead atoms. The second kappa shape index (κ2) is 2.75. The number of aliphatic imine (C=N–C) groups is 1. The van der Waals surface area contributed by atoms with E-state index >= 15 is 0 Å². The third-order valence-electron chi connectivity index (χ3n) is 1.48. The maximum Gasteiger partial charge on any atom is 0.218 e. The van der Waals surface area contributed by atoms with E-state index in [9.17, 15) is 8.42 Å². The number of nitrogens with zero attached hydrogens (tertiary/aromatic N) is 1. The Morgan fingerprint density at radius 2 is 2.27 bits per heavy atom. The van der Waals surface area contributed by atoms with E-state index in [0.29, 0.717) is 11.4 Å². The molecule has 11 heavy (non-hydrogen) atoms. The number of hydrogen-bond acceptors (Lipinski definition) is 4. The van der Waals surface area contributed by atoms with Gasteiger partial charge in [-0.15, -0.1) is 0 Å². The molecule has 62 valence electrons. The Balaban J connectivity index is 2.93. The normalized spacial score (nSPS) is 21.3. The number of nitrogens with one attached hydrogen (secondary N) is 1. The molecule has 0 aromatic heterocycles. The van der Waals surface area contributed by atoms with Gasteiger partial charge in [0, 0.05) is 12.7 Å². The molecule has 0 fully saturated rings. The number of likely N-dealkylation sites (N-methyl/N-ethyl adjacent to an activating group) is 1. The number of rotatable bonds is 2. The molecule has 4 nitrogen and oxygen atoms in total. The molecule has 5 heteroatoms. The van der Waals surface area contributed by atoms with Gasteiger partial charge in [0.2, 0.25) is 9.84 Å². The minimum Gasteiger partial charge on any atom is -0.315 e. The summed E-state index contributed by atoms with van der Waals surface area (Å²) in [6.45, 7) is 1.84. The summed E-state index contributed by atoms with van der Waals surface area (Å²) in [6, 6.07) is 0. The van der Waals surface area contributed by atoms with Crippen molar-refractivity contribution in [2.75, 3.05) is 13.6 Å². The first kappa shape index (κ1) is 8.42. The van der Waals surface area contributed by atoms with Crippen LogP contribution in [0.3, 0.4) is 0 Å². The summed E-state index contributed by atoms with van der Waals surface area (Å²) in [4.78, 5) is 4.06. The van der Waals surface area contributed by atoms with Crippen molar-refractivity contribution >= 4 is 14.9 Å². The van der Waals surface area contributed by atoms with Crippen molar-refractivity contribution < 1.29 is 8.42 Å². The fraction of sp³-hybridized carbons (Fsp3) is 0.500. The minimum atomic E-state index is -3.18. The van der Waals surface area contributed by atoms with E-state index in [1.807, 2.05) is 0 Å². The van der Waals surface area contributed by atoms with Crippen LogP contribution in [0.15, 0.2) is 16.1 Å². The third kappa shape index (κ3) is 1.34. The highest BCUT2D eigenvalue weighted by molar-refractivity contribution is 8.09. The standard InChI is InChI=1S/C6H10N2O2S/c1-5-8-4-6(3-7-2)11(5,9)10/h4,7H,3H2,1-2H3. The summed E-state index contributed by atoms with van der Waals surface area (Å²) in [5, 5.41) is 2.95. The van der Waals surface area contributed by atoms with Gasteiger partial charge in [0.25, 0.3) is 0 Å². The van der Waals surface area contributed by atoms with Gasteiger partial charge in [-0.2, -0.15) is 0 Å². The average molecular weight is 174 g/mol. The van der Waals surface area contributed by atoms with Crippen LogP contribution in [0.1, 0.15) is 6.92 Å². The van der Waals surface area contributed by atoms with Crippen LogP contribution in [-0.4, -0.2) is 27.1 Å². The first-order valence-corrected chi connectivity index (χ1v) is 4.70. The van der Waals surface area contributed by atoms with Crippen LogP contribution in [0.5, 0.6) is 0 Å². The van der Waals surface area contributed by atoms with E-state index in [2.05, 4.69) is 10.3 Å². The fourth-order valence-electron chi connectivity index (χ4n) is 0.806. The van der Waals surface area contributed by atoms with Crippen molar-refractivity contribution in [1.82, 2.24) is 5.32 Å². The molecule has 0 saturated heterocycles. The second-order valence-corrected chi connectivity index (χ2v) is 4.40. The van der Waals surface area contributed by atoms with Gasteiger partial charge in [-0.05, 0) is 14.0 Å². The van der Waals surface area contributed by atoms with Crippen LogP contribution >= 0.6 is 0 Å². The van der Waals surface area contributed by atoms with Crippen LogP contribution in [0.4, 0.5) is 0 Å². The van der Waals surface area contributed by atoms with Crippen LogP contribution in [0.25, 0.3) is 0 Å². The lowest BCUT2D eigenvalue weighted by atomic mass is 10.6. The molecule has 1 rings (SSSR count). The van der Waals surface area contributed by atoms with Gasteiger partial charge in [-0.3, -0.25) is 0 Å². The zero-order chi connectivity index (χ0) is 8.48. The van der Waals surface area contributed by atoms with Gasteiger partial charge in [0.1, 0.15) is 5.04 Å². The molecule has 0 aromatic rings. The van der Waals surface area contributed by atoms with Gasteiger partial charge in [0.15, 0.2) is 0 Å². The lowest BCUT2D eigenvalue weighted by Crippen LogP contribution is -2.18. The Morgan fingerprint density at radius 1 is 1.64 bits per heavy atom. The smallest absolute Gasteiger partial charge is 0.218 e. The summed E-state index contributed by atoms with van der Waals surface area (Å²) >= 11 is 0. The van der Waals surface area contributed by atoms with Gasteiger partial charge in [-0.1, -0.05) is 0 Å². The molecule has 0 unspecified atom stereocenters. The molecule has 0 spiro atoms. The highest BCUT2D eigenvalue weighted by Crippen LogP contribution is 2.15.